The predicted octanol–water partition coefficient (Wildman–Crippen LogP) is 6.08. The van der Waals surface area contributed by atoms with Crippen molar-refractivity contribution in [2.45, 2.75) is 33.0 Å². The van der Waals surface area contributed by atoms with Gasteiger partial charge in [-0.05, 0) is 53.9 Å². The Labute approximate surface area is 225 Å². The number of hydrogen-bond donors (Lipinski definition) is 0. The molecule has 0 aliphatic carbocycles. The largest absolute Gasteiger partial charge is 0.433 e. The van der Waals surface area contributed by atoms with Crippen LogP contribution < -0.4 is 5.56 Å². The van der Waals surface area contributed by atoms with Crippen LogP contribution in [-0.2, 0) is 19.1 Å². The van der Waals surface area contributed by atoms with Crippen LogP contribution in [0, 0.1) is 18.3 Å². The topological polar surface area (TPSA) is 88.9 Å². The van der Waals surface area contributed by atoms with Crippen molar-refractivity contribution in [2.24, 2.45) is 0 Å². The van der Waals surface area contributed by atoms with E-state index in [1.54, 1.807) is 53.0 Å². The lowest BCUT2D eigenvalue weighted by atomic mass is 9.96. The minimum Gasteiger partial charge on any atom is -0.267 e. The Hall–Kier alpha value is -4.49. The van der Waals surface area contributed by atoms with Gasteiger partial charge in [-0.25, -0.2) is 14.2 Å². The van der Waals surface area contributed by atoms with Gasteiger partial charge in [0, 0.05) is 22.7 Å². The highest BCUT2D eigenvalue weighted by Gasteiger charge is 2.33. The van der Waals surface area contributed by atoms with Crippen LogP contribution in [0.5, 0.6) is 0 Å². The van der Waals surface area contributed by atoms with E-state index >= 15 is 0 Å². The Morgan fingerprint density at radius 1 is 0.949 bits per heavy atom. The number of aryl methyl sites for hydroxylation is 2. The minimum atomic E-state index is -4.58. The SMILES string of the molecule is CCc1nnc2c(-c3ccc(Cl)cc3)c(-c3ccc(C#N)cc3)c(=O)n(Cc3ccc(C(F)(F)F)nc3C)n12. The number of aromatic nitrogens is 5. The van der Waals surface area contributed by atoms with Gasteiger partial charge in [0.15, 0.2) is 11.5 Å². The maximum Gasteiger partial charge on any atom is 0.433 e. The highest BCUT2D eigenvalue weighted by Crippen LogP contribution is 2.34. The third kappa shape index (κ3) is 4.77. The summed E-state index contributed by atoms with van der Waals surface area (Å²) in [6.45, 7) is 3.28. The van der Waals surface area contributed by atoms with Gasteiger partial charge in [0.05, 0.1) is 23.7 Å². The van der Waals surface area contributed by atoms with Gasteiger partial charge in [0.25, 0.3) is 5.56 Å². The minimum absolute atomic E-state index is 0.0679. The molecule has 0 N–H and O–H groups in total. The first-order valence-electron chi connectivity index (χ1n) is 11.9. The van der Waals surface area contributed by atoms with Crippen molar-refractivity contribution >= 4 is 17.2 Å². The molecule has 2 aromatic carbocycles. The van der Waals surface area contributed by atoms with Gasteiger partial charge in [-0.15, -0.1) is 10.2 Å². The first-order chi connectivity index (χ1) is 18.6. The summed E-state index contributed by atoms with van der Waals surface area (Å²) in [7, 11) is 0. The molecule has 11 heteroatoms. The van der Waals surface area contributed by atoms with Crippen molar-refractivity contribution in [3.8, 4) is 28.3 Å². The molecule has 0 aliphatic heterocycles. The molecule has 3 aromatic heterocycles. The molecule has 0 atom stereocenters. The molecule has 0 unspecified atom stereocenters. The van der Waals surface area contributed by atoms with Crippen molar-refractivity contribution in [1.29, 1.82) is 5.26 Å². The molecule has 0 amide bonds. The average molecular weight is 549 g/mol. The second-order valence-corrected chi connectivity index (χ2v) is 9.29. The van der Waals surface area contributed by atoms with Gasteiger partial charge in [-0.2, -0.15) is 18.4 Å². The number of rotatable bonds is 5. The van der Waals surface area contributed by atoms with Crippen LogP contribution in [0.4, 0.5) is 13.2 Å². The number of benzene rings is 2. The normalized spacial score (nSPS) is 11.6. The smallest absolute Gasteiger partial charge is 0.267 e. The summed E-state index contributed by atoms with van der Waals surface area (Å²) >= 11 is 6.13. The number of halogens is 4. The first kappa shape index (κ1) is 26.1. The van der Waals surface area contributed by atoms with Crippen LogP contribution >= 0.6 is 11.6 Å². The molecule has 0 aliphatic rings. The molecule has 0 fully saturated rings. The number of pyridine rings is 1. The molecule has 0 saturated carbocycles. The van der Waals surface area contributed by atoms with Crippen LogP contribution in [0.15, 0.2) is 65.5 Å². The maximum atomic E-state index is 14.3. The summed E-state index contributed by atoms with van der Waals surface area (Å²) in [4.78, 5) is 18.0. The Balaban J connectivity index is 1.83. The van der Waals surface area contributed by atoms with E-state index in [-0.39, 0.29) is 12.2 Å². The van der Waals surface area contributed by atoms with Crippen LogP contribution in [0.25, 0.3) is 27.9 Å². The van der Waals surface area contributed by atoms with Crippen LogP contribution in [0.3, 0.4) is 0 Å². The lowest BCUT2D eigenvalue weighted by molar-refractivity contribution is -0.141. The number of fused-ring (bicyclic) bond motifs is 1. The van der Waals surface area contributed by atoms with E-state index < -0.39 is 17.4 Å². The summed E-state index contributed by atoms with van der Waals surface area (Å²) in [5, 5.41) is 18.5. The first-order valence-corrected chi connectivity index (χ1v) is 12.3. The van der Waals surface area contributed by atoms with Gasteiger partial charge >= 0.3 is 6.18 Å². The van der Waals surface area contributed by atoms with E-state index in [0.717, 1.165) is 6.07 Å². The fourth-order valence-electron chi connectivity index (χ4n) is 4.47. The van der Waals surface area contributed by atoms with E-state index in [9.17, 15) is 23.2 Å². The molecule has 0 radical (unpaired) electrons. The Morgan fingerprint density at radius 3 is 2.18 bits per heavy atom. The molecular weight excluding hydrogens is 529 g/mol. The average Bonchev–Trinajstić information content (AvgIpc) is 3.34. The van der Waals surface area contributed by atoms with Gasteiger partial charge in [-0.3, -0.25) is 4.79 Å². The van der Waals surface area contributed by atoms with Crippen LogP contribution in [0.1, 0.15) is 35.3 Å². The molecule has 7 nitrogen and oxygen atoms in total. The number of alkyl halides is 3. The van der Waals surface area contributed by atoms with Gasteiger partial charge in [0.2, 0.25) is 0 Å². The highest BCUT2D eigenvalue weighted by atomic mass is 35.5. The Bertz CT molecular complexity index is 1800. The van der Waals surface area contributed by atoms with Crippen molar-refractivity contribution in [2.75, 3.05) is 0 Å². The second-order valence-electron chi connectivity index (χ2n) is 8.85. The molecule has 0 saturated heterocycles. The van der Waals surface area contributed by atoms with E-state index in [1.165, 1.54) is 17.7 Å². The zero-order valence-corrected chi connectivity index (χ0v) is 21.5. The van der Waals surface area contributed by atoms with Crippen molar-refractivity contribution < 1.29 is 13.2 Å². The molecule has 5 aromatic rings. The fraction of sp³-hybridized carbons (Fsp3) is 0.179. The lowest BCUT2D eigenvalue weighted by Crippen LogP contribution is -2.30. The van der Waals surface area contributed by atoms with E-state index in [0.29, 0.717) is 56.3 Å². The predicted molar refractivity (Wildman–Crippen MR) is 140 cm³/mol. The summed E-state index contributed by atoms with van der Waals surface area (Å²) in [6.07, 6.45) is -4.14. The summed E-state index contributed by atoms with van der Waals surface area (Å²) < 4.78 is 42.7. The standard InChI is InChI=1S/C28H20ClF3N6O/c1-3-23-35-36-26-24(18-8-11-21(29)12-9-18)25(19-6-4-17(14-33)5-7-19)27(39)37(38(23)26)15-20-10-13-22(28(30,31)32)34-16(20)2/h4-13H,3,15H2,1-2H3. The van der Waals surface area contributed by atoms with E-state index in [4.69, 9.17) is 11.6 Å². The molecule has 0 spiro atoms. The summed E-state index contributed by atoms with van der Waals surface area (Å²) in [5.41, 5.74) is 2.04. The van der Waals surface area contributed by atoms with Crippen molar-refractivity contribution in [3.05, 3.63) is 104 Å². The third-order valence-corrected chi connectivity index (χ3v) is 6.68. The molecule has 0 bridgehead atoms. The molecule has 39 heavy (non-hydrogen) atoms. The molecular formula is C28H20ClF3N6O. The highest BCUT2D eigenvalue weighted by molar-refractivity contribution is 6.30. The Morgan fingerprint density at radius 2 is 1.59 bits per heavy atom. The zero-order chi connectivity index (χ0) is 27.9. The quantitative estimate of drug-likeness (QED) is 0.265. The van der Waals surface area contributed by atoms with Crippen molar-refractivity contribution in [3.63, 3.8) is 0 Å². The Kier molecular flexibility index (Phi) is 6.70. The van der Waals surface area contributed by atoms with E-state index in [2.05, 4.69) is 21.3 Å². The summed E-state index contributed by atoms with van der Waals surface area (Å²) in [6, 6.07) is 17.8. The second kappa shape index (κ2) is 10.0. The van der Waals surface area contributed by atoms with Gasteiger partial charge in [0.1, 0.15) is 5.69 Å². The fourth-order valence-corrected chi connectivity index (χ4v) is 4.59. The van der Waals surface area contributed by atoms with Gasteiger partial charge < -0.3 is 0 Å². The molecule has 3 heterocycles. The zero-order valence-electron chi connectivity index (χ0n) is 20.8. The third-order valence-electron chi connectivity index (χ3n) is 6.43. The maximum absolute atomic E-state index is 14.3. The number of nitriles is 1. The van der Waals surface area contributed by atoms with Crippen molar-refractivity contribution in [1.82, 2.24) is 24.4 Å². The number of nitrogens with zero attached hydrogens (tertiary/aromatic N) is 6. The van der Waals surface area contributed by atoms with E-state index in [1.807, 2.05) is 6.92 Å². The summed E-state index contributed by atoms with van der Waals surface area (Å²) in [5.74, 6) is 0.501. The van der Waals surface area contributed by atoms with Gasteiger partial charge in [-0.1, -0.05) is 48.9 Å². The van der Waals surface area contributed by atoms with Crippen LogP contribution in [-0.4, -0.2) is 24.4 Å². The molecule has 196 valence electrons. The monoisotopic (exact) mass is 548 g/mol. The number of hydrogen-bond acceptors (Lipinski definition) is 5. The van der Waals surface area contributed by atoms with Crippen LogP contribution in [0.2, 0.25) is 5.02 Å². The lowest BCUT2D eigenvalue weighted by Gasteiger charge is -2.18. The molecule has 5 rings (SSSR count).